The summed E-state index contributed by atoms with van der Waals surface area (Å²) in [4.78, 5) is 35.1. The zero-order chi connectivity index (χ0) is 30.4. The Balaban J connectivity index is 1.64. The Kier molecular flexibility index (Phi) is 26.3. The lowest BCUT2D eigenvalue weighted by atomic mass is 10.3. The first-order chi connectivity index (χ1) is 20.6. The molecule has 14 heteroatoms. The highest BCUT2D eigenvalue weighted by atomic mass is 16.6. The SMILES string of the molecule is CCCC(=O)OCCOCCOCCOCCOCCOCCOCCOCCOCCOCCN1C(=O)C=CC1=O. The van der Waals surface area contributed by atoms with E-state index in [-0.39, 0.29) is 37.5 Å². The Hall–Kier alpha value is -2.01. The molecule has 1 heterocycles. The van der Waals surface area contributed by atoms with E-state index in [0.29, 0.717) is 119 Å². The monoisotopic (exact) mass is 607 g/mol. The van der Waals surface area contributed by atoms with Gasteiger partial charge in [0.25, 0.3) is 11.8 Å². The fourth-order valence-electron chi connectivity index (χ4n) is 3.16. The first-order valence-electron chi connectivity index (χ1n) is 14.5. The number of carbonyl (C=O) groups is 3. The highest BCUT2D eigenvalue weighted by Crippen LogP contribution is 2.02. The maximum Gasteiger partial charge on any atom is 0.305 e. The highest BCUT2D eigenvalue weighted by Gasteiger charge is 2.22. The molecule has 1 aliphatic rings. The van der Waals surface area contributed by atoms with Crippen molar-refractivity contribution in [2.75, 3.05) is 132 Å². The number of hydrogen-bond acceptors (Lipinski definition) is 13. The van der Waals surface area contributed by atoms with Crippen LogP contribution in [-0.2, 0) is 61.8 Å². The van der Waals surface area contributed by atoms with Gasteiger partial charge in [-0.15, -0.1) is 0 Å². The van der Waals surface area contributed by atoms with Gasteiger partial charge in [0.1, 0.15) is 6.61 Å². The molecule has 14 nitrogen and oxygen atoms in total. The summed E-state index contributed by atoms with van der Waals surface area (Å²) >= 11 is 0. The van der Waals surface area contributed by atoms with Crippen molar-refractivity contribution in [3.8, 4) is 0 Å². The van der Waals surface area contributed by atoms with Gasteiger partial charge in [-0.25, -0.2) is 0 Å². The molecule has 0 fully saturated rings. The number of imide groups is 1. The lowest BCUT2D eigenvalue weighted by Crippen LogP contribution is -2.33. The van der Waals surface area contributed by atoms with Crippen LogP contribution < -0.4 is 0 Å². The Labute approximate surface area is 248 Å². The molecule has 1 rings (SSSR count). The Morgan fingerprint density at radius 2 is 0.786 bits per heavy atom. The van der Waals surface area contributed by atoms with Crippen molar-refractivity contribution < 1.29 is 61.8 Å². The summed E-state index contributed by atoms with van der Waals surface area (Å²) in [6, 6.07) is 0. The fraction of sp³-hybridized carbons (Fsp3) is 0.821. The molecule has 0 radical (unpaired) electrons. The lowest BCUT2D eigenvalue weighted by molar-refractivity contribution is -0.145. The van der Waals surface area contributed by atoms with Crippen LogP contribution >= 0.6 is 0 Å². The van der Waals surface area contributed by atoms with Crippen LogP contribution in [0.3, 0.4) is 0 Å². The van der Waals surface area contributed by atoms with E-state index in [4.69, 9.17) is 47.4 Å². The van der Waals surface area contributed by atoms with E-state index in [1.165, 1.54) is 12.2 Å². The van der Waals surface area contributed by atoms with Crippen LogP contribution in [0.25, 0.3) is 0 Å². The molecule has 0 spiro atoms. The van der Waals surface area contributed by atoms with Crippen molar-refractivity contribution in [3.63, 3.8) is 0 Å². The number of carbonyl (C=O) groups excluding carboxylic acids is 3. The summed E-state index contributed by atoms with van der Waals surface area (Å²) in [7, 11) is 0. The number of nitrogens with zero attached hydrogens (tertiary/aromatic N) is 1. The van der Waals surface area contributed by atoms with E-state index in [1.54, 1.807) is 0 Å². The minimum Gasteiger partial charge on any atom is -0.463 e. The summed E-state index contributed by atoms with van der Waals surface area (Å²) in [5.74, 6) is -0.811. The molecule has 0 aromatic carbocycles. The number of ether oxygens (including phenoxy) is 10. The smallest absolute Gasteiger partial charge is 0.305 e. The molecule has 0 atom stereocenters. The molecule has 0 saturated heterocycles. The highest BCUT2D eigenvalue weighted by molar-refractivity contribution is 6.12. The van der Waals surface area contributed by atoms with Crippen LogP contribution in [-0.4, -0.2) is 155 Å². The summed E-state index contributed by atoms with van der Waals surface area (Å²) in [6.45, 7) is 10.4. The number of amides is 2. The van der Waals surface area contributed by atoms with Crippen LogP contribution in [0.1, 0.15) is 19.8 Å². The average molecular weight is 608 g/mol. The second kappa shape index (κ2) is 29.1. The van der Waals surface area contributed by atoms with E-state index in [1.807, 2.05) is 6.92 Å². The van der Waals surface area contributed by atoms with Gasteiger partial charge in [0, 0.05) is 18.6 Å². The van der Waals surface area contributed by atoms with Crippen LogP contribution in [0.15, 0.2) is 12.2 Å². The minimum atomic E-state index is -0.309. The third-order valence-electron chi connectivity index (χ3n) is 5.28. The maximum atomic E-state index is 11.4. The van der Waals surface area contributed by atoms with E-state index in [2.05, 4.69) is 0 Å². The lowest BCUT2D eigenvalue weighted by Gasteiger charge is -2.13. The summed E-state index contributed by atoms with van der Waals surface area (Å²) in [5, 5.41) is 0. The number of rotatable bonds is 32. The van der Waals surface area contributed by atoms with Crippen LogP contribution in [0.5, 0.6) is 0 Å². The van der Waals surface area contributed by atoms with Gasteiger partial charge in [-0.1, -0.05) is 6.92 Å². The van der Waals surface area contributed by atoms with Crippen molar-refractivity contribution in [2.24, 2.45) is 0 Å². The van der Waals surface area contributed by atoms with E-state index >= 15 is 0 Å². The largest absolute Gasteiger partial charge is 0.463 e. The Morgan fingerprint density at radius 1 is 0.500 bits per heavy atom. The summed E-state index contributed by atoms with van der Waals surface area (Å²) < 4.78 is 53.6. The molecule has 42 heavy (non-hydrogen) atoms. The molecule has 1 aliphatic heterocycles. The standard InChI is InChI=1S/C28H49NO13/c1-2-3-28(32)42-25-24-41-23-22-40-21-20-39-19-18-38-17-16-37-15-14-36-13-12-35-11-10-34-9-8-33-7-6-29-26(30)4-5-27(29)31/h4-5H,2-3,6-25H2,1H3. The summed E-state index contributed by atoms with van der Waals surface area (Å²) in [6.07, 6.45) is 3.72. The molecule has 0 unspecified atom stereocenters. The summed E-state index contributed by atoms with van der Waals surface area (Å²) in [5.41, 5.74) is 0. The van der Waals surface area contributed by atoms with Crippen molar-refractivity contribution in [3.05, 3.63) is 12.2 Å². The zero-order valence-electron chi connectivity index (χ0n) is 25.0. The molecule has 0 aromatic heterocycles. The van der Waals surface area contributed by atoms with Gasteiger partial charge in [-0.3, -0.25) is 19.3 Å². The average Bonchev–Trinajstić information content (AvgIpc) is 3.30. The van der Waals surface area contributed by atoms with Crippen molar-refractivity contribution >= 4 is 17.8 Å². The maximum absolute atomic E-state index is 11.4. The van der Waals surface area contributed by atoms with E-state index < -0.39 is 0 Å². The number of hydrogen-bond donors (Lipinski definition) is 0. The molecule has 0 N–H and O–H groups in total. The predicted octanol–water partition coefficient (Wildman–Crippen LogP) is 0.404. The van der Waals surface area contributed by atoms with Gasteiger partial charge in [-0.2, -0.15) is 0 Å². The second-order valence-electron chi connectivity index (χ2n) is 8.64. The van der Waals surface area contributed by atoms with E-state index in [0.717, 1.165) is 11.3 Å². The molecular formula is C28H49NO13. The molecule has 2 amide bonds. The molecule has 0 saturated carbocycles. The van der Waals surface area contributed by atoms with Gasteiger partial charge < -0.3 is 47.4 Å². The quantitative estimate of drug-likeness (QED) is 0.0591. The Bertz CT molecular complexity index is 689. The van der Waals surface area contributed by atoms with Crippen LogP contribution in [0.4, 0.5) is 0 Å². The first kappa shape index (κ1) is 38.0. The van der Waals surface area contributed by atoms with Gasteiger partial charge >= 0.3 is 5.97 Å². The number of esters is 1. The van der Waals surface area contributed by atoms with Gasteiger partial charge in [0.15, 0.2) is 0 Å². The van der Waals surface area contributed by atoms with Crippen LogP contribution in [0.2, 0.25) is 0 Å². The van der Waals surface area contributed by atoms with Gasteiger partial charge in [0.2, 0.25) is 0 Å². The van der Waals surface area contributed by atoms with Crippen molar-refractivity contribution in [1.29, 1.82) is 0 Å². The third kappa shape index (κ3) is 23.5. The van der Waals surface area contributed by atoms with Gasteiger partial charge in [0.05, 0.1) is 125 Å². The third-order valence-corrected chi connectivity index (χ3v) is 5.28. The van der Waals surface area contributed by atoms with E-state index in [9.17, 15) is 14.4 Å². The molecule has 244 valence electrons. The van der Waals surface area contributed by atoms with Crippen LogP contribution in [0, 0.1) is 0 Å². The fourth-order valence-corrected chi connectivity index (χ4v) is 3.16. The van der Waals surface area contributed by atoms with Gasteiger partial charge in [-0.05, 0) is 6.42 Å². The van der Waals surface area contributed by atoms with Crippen molar-refractivity contribution in [1.82, 2.24) is 4.90 Å². The predicted molar refractivity (Wildman–Crippen MR) is 149 cm³/mol. The second-order valence-corrected chi connectivity index (χ2v) is 8.64. The molecule has 0 aliphatic carbocycles. The topological polar surface area (TPSA) is 147 Å². The Morgan fingerprint density at radius 3 is 1.10 bits per heavy atom. The molecule has 0 bridgehead atoms. The molecule has 0 aromatic rings. The molecular weight excluding hydrogens is 558 g/mol. The normalized spacial score (nSPS) is 13.0. The van der Waals surface area contributed by atoms with Crippen molar-refractivity contribution in [2.45, 2.75) is 19.8 Å². The first-order valence-corrected chi connectivity index (χ1v) is 14.5. The minimum absolute atomic E-state index is 0.194. The zero-order valence-corrected chi connectivity index (χ0v) is 25.0.